The first-order valence-electron chi connectivity index (χ1n) is 7.41. The second-order valence-corrected chi connectivity index (χ2v) is 5.80. The van der Waals surface area contributed by atoms with Crippen molar-refractivity contribution >= 4 is 29.1 Å². The van der Waals surface area contributed by atoms with E-state index in [9.17, 15) is 4.79 Å². The van der Waals surface area contributed by atoms with E-state index < -0.39 is 0 Å². The van der Waals surface area contributed by atoms with Gasteiger partial charge < -0.3 is 15.0 Å². The number of nitrogens with zero attached hydrogens (tertiary/aromatic N) is 5. The van der Waals surface area contributed by atoms with Crippen LogP contribution in [0.4, 0.5) is 11.6 Å². The highest BCUT2D eigenvalue weighted by Gasteiger charge is 2.27. The highest BCUT2D eigenvalue weighted by molar-refractivity contribution is 6.31. The van der Waals surface area contributed by atoms with E-state index in [-0.39, 0.29) is 17.9 Å². The highest BCUT2D eigenvalue weighted by atomic mass is 35.5. The first kappa shape index (κ1) is 16.3. The number of ether oxygens (including phenoxy) is 1. The van der Waals surface area contributed by atoms with Crippen molar-refractivity contribution in [2.45, 2.75) is 12.5 Å². The van der Waals surface area contributed by atoms with Crippen molar-refractivity contribution in [3.8, 4) is 5.88 Å². The molecule has 0 saturated carbocycles. The predicted molar refractivity (Wildman–Crippen MR) is 89.3 cm³/mol. The van der Waals surface area contributed by atoms with E-state index in [4.69, 9.17) is 16.3 Å². The summed E-state index contributed by atoms with van der Waals surface area (Å²) in [6.07, 6.45) is 6.79. The van der Waals surface area contributed by atoms with Crippen molar-refractivity contribution in [3.05, 3.63) is 36.3 Å². The van der Waals surface area contributed by atoms with E-state index in [1.807, 2.05) is 7.05 Å². The van der Waals surface area contributed by atoms with Crippen molar-refractivity contribution in [2.75, 3.05) is 18.4 Å². The topological polar surface area (TPSA) is 85.2 Å². The maximum Gasteiger partial charge on any atom is 0.246 e. The molecule has 1 saturated heterocycles. The largest absolute Gasteiger partial charge is 0.471 e. The lowest BCUT2D eigenvalue weighted by molar-refractivity contribution is -0.125. The summed E-state index contributed by atoms with van der Waals surface area (Å²) in [6, 6.07) is 0. The molecule has 3 heterocycles. The number of hydrogen-bond donors (Lipinski definition) is 1. The van der Waals surface area contributed by atoms with Crippen LogP contribution in [0.3, 0.4) is 0 Å². The fraction of sp³-hybridized carbons (Fsp3) is 0.333. The molecular weight excluding hydrogens is 332 g/mol. The second kappa shape index (κ2) is 6.88. The number of aromatic nitrogens is 4. The maximum atomic E-state index is 11.6. The Bertz CT molecular complexity index is 762. The molecule has 3 rings (SSSR count). The maximum absolute atomic E-state index is 11.6. The summed E-state index contributed by atoms with van der Waals surface area (Å²) in [5.41, 5.74) is 0.759. The van der Waals surface area contributed by atoms with Crippen LogP contribution in [0.2, 0.25) is 5.02 Å². The Balaban J connectivity index is 1.68. The Morgan fingerprint density at radius 1 is 1.54 bits per heavy atom. The molecule has 0 bridgehead atoms. The molecule has 1 aliphatic rings. The lowest BCUT2D eigenvalue weighted by Crippen LogP contribution is -2.29. The van der Waals surface area contributed by atoms with Crippen molar-refractivity contribution in [2.24, 2.45) is 7.05 Å². The highest BCUT2D eigenvalue weighted by Crippen LogP contribution is 2.26. The Morgan fingerprint density at radius 2 is 2.38 bits per heavy atom. The van der Waals surface area contributed by atoms with Crippen LogP contribution in [0.15, 0.2) is 31.2 Å². The Morgan fingerprint density at radius 3 is 3.08 bits per heavy atom. The molecule has 1 amide bonds. The second-order valence-electron chi connectivity index (χ2n) is 5.39. The minimum Gasteiger partial charge on any atom is -0.471 e. The molecule has 1 atom stereocenters. The molecule has 2 aromatic rings. The van der Waals surface area contributed by atoms with E-state index in [0.29, 0.717) is 30.5 Å². The molecule has 1 N–H and O–H groups in total. The summed E-state index contributed by atoms with van der Waals surface area (Å²) in [7, 11) is 1.82. The summed E-state index contributed by atoms with van der Waals surface area (Å²) < 4.78 is 7.51. The lowest BCUT2D eigenvalue weighted by atomic mass is 10.3. The standard InChI is InChI=1S/C15H17ClN6O2/c1-3-13(23)22-5-4-11(9-22)24-14-12(16)7-17-15(20-14)19-10-6-18-21(2)8-10/h3,6-8,11H,1,4-5,9H2,2H3,(H,17,19,20). The molecule has 126 valence electrons. The molecule has 0 radical (unpaired) electrons. The summed E-state index contributed by atoms with van der Waals surface area (Å²) in [5.74, 6) is 0.546. The first-order chi connectivity index (χ1) is 11.5. The zero-order valence-electron chi connectivity index (χ0n) is 13.1. The van der Waals surface area contributed by atoms with Gasteiger partial charge in [0.2, 0.25) is 17.7 Å². The molecule has 1 fully saturated rings. The fourth-order valence-electron chi connectivity index (χ4n) is 2.42. The van der Waals surface area contributed by atoms with Crippen LogP contribution in [0, 0.1) is 0 Å². The zero-order valence-corrected chi connectivity index (χ0v) is 13.9. The summed E-state index contributed by atoms with van der Waals surface area (Å²) in [4.78, 5) is 21.7. The van der Waals surface area contributed by atoms with Gasteiger partial charge in [0, 0.05) is 26.2 Å². The third kappa shape index (κ3) is 3.65. The summed E-state index contributed by atoms with van der Waals surface area (Å²) in [6.45, 7) is 4.60. The van der Waals surface area contributed by atoms with Crippen LogP contribution < -0.4 is 10.1 Å². The molecule has 0 aliphatic carbocycles. The van der Waals surface area contributed by atoms with E-state index in [1.54, 1.807) is 22.0 Å². The summed E-state index contributed by atoms with van der Waals surface area (Å²) in [5, 5.41) is 7.42. The van der Waals surface area contributed by atoms with Crippen LogP contribution in [0.1, 0.15) is 6.42 Å². The van der Waals surface area contributed by atoms with Crippen LogP contribution in [0.5, 0.6) is 5.88 Å². The number of aryl methyl sites for hydroxylation is 1. The zero-order chi connectivity index (χ0) is 17.1. The lowest BCUT2D eigenvalue weighted by Gasteiger charge is -2.16. The Labute approximate surface area is 144 Å². The van der Waals surface area contributed by atoms with Gasteiger partial charge >= 0.3 is 0 Å². The number of anilines is 2. The van der Waals surface area contributed by atoms with Gasteiger partial charge in [-0.1, -0.05) is 18.2 Å². The number of nitrogens with one attached hydrogen (secondary N) is 1. The smallest absolute Gasteiger partial charge is 0.246 e. The molecule has 0 spiro atoms. The number of carbonyl (C=O) groups excluding carboxylic acids is 1. The third-order valence-electron chi connectivity index (χ3n) is 3.58. The number of halogens is 1. The van der Waals surface area contributed by atoms with Crippen molar-refractivity contribution in [1.82, 2.24) is 24.6 Å². The molecule has 0 aromatic carbocycles. The number of rotatable bonds is 5. The molecule has 2 aromatic heterocycles. The summed E-state index contributed by atoms with van der Waals surface area (Å²) >= 11 is 6.12. The molecule has 1 unspecified atom stereocenters. The fourth-order valence-corrected chi connectivity index (χ4v) is 2.56. The monoisotopic (exact) mass is 348 g/mol. The van der Waals surface area contributed by atoms with Gasteiger partial charge in [0.1, 0.15) is 11.1 Å². The Kier molecular flexibility index (Phi) is 4.66. The van der Waals surface area contributed by atoms with Gasteiger partial charge in [-0.05, 0) is 6.08 Å². The van der Waals surface area contributed by atoms with Crippen molar-refractivity contribution < 1.29 is 9.53 Å². The van der Waals surface area contributed by atoms with E-state index in [0.717, 1.165) is 5.69 Å². The minimum absolute atomic E-state index is 0.103. The van der Waals surface area contributed by atoms with Crippen molar-refractivity contribution in [1.29, 1.82) is 0 Å². The molecule has 9 heteroatoms. The van der Waals surface area contributed by atoms with Crippen LogP contribution in [-0.4, -0.2) is 49.7 Å². The SMILES string of the molecule is C=CC(=O)N1CCC(Oc2nc(Nc3cnn(C)c3)ncc2Cl)C1. The predicted octanol–water partition coefficient (Wildman–Crippen LogP) is 1.77. The number of amides is 1. The van der Waals surface area contributed by atoms with E-state index in [1.165, 1.54) is 12.3 Å². The van der Waals surface area contributed by atoms with Gasteiger partial charge in [-0.15, -0.1) is 0 Å². The normalized spacial score (nSPS) is 16.9. The minimum atomic E-state index is -0.160. The molecule has 24 heavy (non-hydrogen) atoms. The molecule has 8 nitrogen and oxygen atoms in total. The van der Waals surface area contributed by atoms with Crippen LogP contribution in [-0.2, 0) is 11.8 Å². The van der Waals surface area contributed by atoms with Gasteiger partial charge in [0.25, 0.3) is 0 Å². The van der Waals surface area contributed by atoms with Gasteiger partial charge in [-0.25, -0.2) is 4.98 Å². The average Bonchev–Trinajstić information content (AvgIpc) is 3.19. The third-order valence-corrected chi connectivity index (χ3v) is 3.84. The number of hydrogen-bond acceptors (Lipinski definition) is 6. The quantitative estimate of drug-likeness (QED) is 0.829. The molecular formula is C15H17ClN6O2. The van der Waals surface area contributed by atoms with Crippen molar-refractivity contribution in [3.63, 3.8) is 0 Å². The van der Waals surface area contributed by atoms with Gasteiger partial charge in [-0.2, -0.15) is 10.1 Å². The van der Waals surface area contributed by atoms with Gasteiger partial charge in [0.15, 0.2) is 0 Å². The van der Waals surface area contributed by atoms with Crippen LogP contribution in [0.25, 0.3) is 0 Å². The van der Waals surface area contributed by atoms with Gasteiger partial charge in [-0.3, -0.25) is 9.48 Å². The molecule has 1 aliphatic heterocycles. The first-order valence-corrected chi connectivity index (χ1v) is 7.79. The average molecular weight is 349 g/mol. The number of carbonyl (C=O) groups is 1. The van der Waals surface area contributed by atoms with Gasteiger partial charge in [0.05, 0.1) is 24.6 Å². The van der Waals surface area contributed by atoms with E-state index in [2.05, 4.69) is 27.0 Å². The van der Waals surface area contributed by atoms with E-state index >= 15 is 0 Å². The number of likely N-dealkylation sites (tertiary alicyclic amines) is 1. The Hall–Kier alpha value is -2.61. The van der Waals surface area contributed by atoms with Crippen LogP contribution >= 0.6 is 11.6 Å².